The van der Waals surface area contributed by atoms with E-state index in [9.17, 15) is 4.79 Å². The number of nitrogens with one attached hydrogen (secondary N) is 1. The smallest absolute Gasteiger partial charge is 0.132 e. The monoisotopic (exact) mass is 259 g/mol. The van der Waals surface area contributed by atoms with Crippen molar-refractivity contribution in [3.8, 4) is 0 Å². The highest BCUT2D eigenvalue weighted by atomic mass is 16.1. The molecule has 0 aromatic heterocycles. The molecule has 1 saturated carbocycles. The van der Waals surface area contributed by atoms with E-state index >= 15 is 0 Å². The summed E-state index contributed by atoms with van der Waals surface area (Å²) >= 11 is 0. The average molecular weight is 259 g/mol. The molecule has 1 N–H and O–H groups in total. The Balaban J connectivity index is 1.62. The second-order valence-corrected chi connectivity index (χ2v) is 5.61. The Bertz CT molecular complexity index is 386. The van der Waals surface area contributed by atoms with E-state index in [0.717, 1.165) is 51.6 Å². The highest BCUT2D eigenvalue weighted by Crippen LogP contribution is 2.20. The van der Waals surface area contributed by atoms with Crippen molar-refractivity contribution in [2.24, 2.45) is 5.92 Å². The van der Waals surface area contributed by atoms with Crippen LogP contribution in [-0.2, 0) is 17.6 Å². The number of hydrogen-bond acceptors (Lipinski definition) is 2. The average Bonchev–Trinajstić information content (AvgIpc) is 2.46. The summed E-state index contributed by atoms with van der Waals surface area (Å²) in [5.41, 5.74) is 2.81. The normalized spacial score (nSPS) is 16.8. The minimum absolute atomic E-state index is 0.451. The molecular weight excluding hydrogens is 234 g/mol. The van der Waals surface area contributed by atoms with Crippen molar-refractivity contribution >= 4 is 5.78 Å². The van der Waals surface area contributed by atoms with Crippen LogP contribution in [0.4, 0.5) is 0 Å². The van der Waals surface area contributed by atoms with Gasteiger partial charge in [0.25, 0.3) is 0 Å². The zero-order valence-electron chi connectivity index (χ0n) is 12.0. The highest BCUT2D eigenvalue weighted by Gasteiger charge is 2.17. The largest absolute Gasteiger partial charge is 0.316 e. The van der Waals surface area contributed by atoms with E-state index in [1.165, 1.54) is 11.1 Å². The van der Waals surface area contributed by atoms with Crippen molar-refractivity contribution in [3.63, 3.8) is 0 Å². The van der Waals surface area contributed by atoms with Gasteiger partial charge in [0.1, 0.15) is 5.78 Å². The Hall–Kier alpha value is -1.15. The molecule has 0 saturated heterocycles. The SMILES string of the molecule is CCc1ccc(CCNCC2CCC(=O)CC2)cc1. The Morgan fingerprint density at radius 2 is 1.74 bits per heavy atom. The van der Waals surface area contributed by atoms with Gasteiger partial charge in [-0.15, -0.1) is 0 Å². The number of carbonyl (C=O) groups excluding carboxylic acids is 1. The molecule has 2 nitrogen and oxygen atoms in total. The molecule has 0 radical (unpaired) electrons. The fourth-order valence-electron chi connectivity index (χ4n) is 2.68. The maximum Gasteiger partial charge on any atom is 0.132 e. The zero-order valence-corrected chi connectivity index (χ0v) is 12.0. The summed E-state index contributed by atoms with van der Waals surface area (Å²) < 4.78 is 0. The molecule has 0 amide bonds. The molecule has 0 aliphatic heterocycles. The zero-order chi connectivity index (χ0) is 13.5. The van der Waals surface area contributed by atoms with E-state index in [1.807, 2.05) is 0 Å². The predicted octanol–water partition coefficient (Wildman–Crippen LogP) is 3.14. The van der Waals surface area contributed by atoms with Crippen molar-refractivity contribution in [1.82, 2.24) is 5.32 Å². The predicted molar refractivity (Wildman–Crippen MR) is 79.4 cm³/mol. The van der Waals surface area contributed by atoms with Gasteiger partial charge in [0, 0.05) is 12.8 Å². The molecule has 0 atom stereocenters. The van der Waals surface area contributed by atoms with Gasteiger partial charge in [-0.25, -0.2) is 0 Å². The van der Waals surface area contributed by atoms with E-state index in [0.29, 0.717) is 11.7 Å². The number of rotatable bonds is 6. The molecule has 1 aromatic carbocycles. The summed E-state index contributed by atoms with van der Waals surface area (Å²) in [6.07, 6.45) is 5.96. The number of benzene rings is 1. The topological polar surface area (TPSA) is 29.1 Å². The number of Topliss-reactive ketones (excluding diaryl/α,β-unsaturated/α-hetero) is 1. The summed E-state index contributed by atoms with van der Waals surface area (Å²) in [5.74, 6) is 1.16. The standard InChI is InChI=1S/C17H25NO/c1-2-14-3-5-15(6-4-14)11-12-18-13-16-7-9-17(19)10-8-16/h3-6,16,18H,2,7-13H2,1H3. The van der Waals surface area contributed by atoms with Crippen LogP contribution >= 0.6 is 0 Å². The molecule has 0 unspecified atom stereocenters. The summed E-state index contributed by atoms with van der Waals surface area (Å²) in [6.45, 7) is 4.29. The van der Waals surface area contributed by atoms with Gasteiger partial charge in [0.05, 0.1) is 0 Å². The molecule has 1 aromatic rings. The van der Waals surface area contributed by atoms with E-state index in [4.69, 9.17) is 0 Å². The van der Waals surface area contributed by atoms with E-state index in [-0.39, 0.29) is 0 Å². The fraction of sp³-hybridized carbons (Fsp3) is 0.588. The minimum Gasteiger partial charge on any atom is -0.316 e. The Morgan fingerprint density at radius 1 is 1.11 bits per heavy atom. The summed E-state index contributed by atoms with van der Waals surface area (Å²) in [6, 6.07) is 8.92. The lowest BCUT2D eigenvalue weighted by molar-refractivity contribution is -0.120. The lowest BCUT2D eigenvalue weighted by atomic mass is 9.88. The van der Waals surface area contributed by atoms with E-state index in [1.54, 1.807) is 0 Å². The summed E-state index contributed by atoms with van der Waals surface area (Å²) in [5, 5.41) is 3.54. The third-order valence-corrected chi connectivity index (χ3v) is 4.12. The molecule has 19 heavy (non-hydrogen) atoms. The summed E-state index contributed by atoms with van der Waals surface area (Å²) in [4.78, 5) is 11.2. The lowest BCUT2D eigenvalue weighted by Gasteiger charge is -2.21. The van der Waals surface area contributed by atoms with Gasteiger partial charge in [-0.1, -0.05) is 31.2 Å². The van der Waals surface area contributed by atoms with Crippen LogP contribution in [0.25, 0.3) is 0 Å². The molecule has 104 valence electrons. The number of hydrogen-bond donors (Lipinski definition) is 1. The van der Waals surface area contributed by atoms with Crippen molar-refractivity contribution in [2.45, 2.75) is 45.4 Å². The summed E-state index contributed by atoms with van der Waals surface area (Å²) in [7, 11) is 0. The molecular formula is C17H25NO. The molecule has 0 bridgehead atoms. The van der Waals surface area contributed by atoms with E-state index in [2.05, 4.69) is 36.5 Å². The van der Waals surface area contributed by atoms with Crippen molar-refractivity contribution in [3.05, 3.63) is 35.4 Å². The molecule has 1 aliphatic rings. The van der Waals surface area contributed by atoms with Crippen LogP contribution < -0.4 is 5.32 Å². The van der Waals surface area contributed by atoms with Crippen molar-refractivity contribution < 1.29 is 4.79 Å². The second kappa shape index (κ2) is 7.44. The van der Waals surface area contributed by atoms with Crippen LogP contribution in [0.3, 0.4) is 0 Å². The third kappa shape index (κ3) is 4.79. The Morgan fingerprint density at radius 3 is 2.37 bits per heavy atom. The maximum atomic E-state index is 11.2. The van der Waals surface area contributed by atoms with Gasteiger partial charge in [-0.3, -0.25) is 4.79 Å². The number of aryl methyl sites for hydroxylation is 1. The highest BCUT2D eigenvalue weighted by molar-refractivity contribution is 5.79. The van der Waals surface area contributed by atoms with Crippen LogP contribution in [0.1, 0.15) is 43.7 Å². The first-order valence-electron chi connectivity index (χ1n) is 7.58. The number of carbonyl (C=O) groups is 1. The Kier molecular flexibility index (Phi) is 5.59. The molecule has 1 fully saturated rings. The van der Waals surface area contributed by atoms with Gasteiger partial charge in [0.2, 0.25) is 0 Å². The lowest BCUT2D eigenvalue weighted by Crippen LogP contribution is -2.28. The van der Waals surface area contributed by atoms with Crippen LogP contribution in [-0.4, -0.2) is 18.9 Å². The number of ketones is 1. The molecule has 0 heterocycles. The van der Waals surface area contributed by atoms with Crippen LogP contribution in [0.5, 0.6) is 0 Å². The molecule has 0 spiro atoms. The molecule has 1 aliphatic carbocycles. The maximum absolute atomic E-state index is 11.2. The molecule has 2 heteroatoms. The first-order chi connectivity index (χ1) is 9.28. The quantitative estimate of drug-likeness (QED) is 0.795. The van der Waals surface area contributed by atoms with Gasteiger partial charge in [-0.2, -0.15) is 0 Å². The fourth-order valence-corrected chi connectivity index (χ4v) is 2.68. The van der Waals surface area contributed by atoms with E-state index < -0.39 is 0 Å². The van der Waals surface area contributed by atoms with Crippen LogP contribution in [0, 0.1) is 5.92 Å². The van der Waals surface area contributed by atoms with Crippen molar-refractivity contribution in [1.29, 1.82) is 0 Å². The van der Waals surface area contributed by atoms with Crippen LogP contribution in [0.2, 0.25) is 0 Å². The first-order valence-corrected chi connectivity index (χ1v) is 7.58. The van der Waals surface area contributed by atoms with Gasteiger partial charge >= 0.3 is 0 Å². The first kappa shape index (κ1) is 14.3. The van der Waals surface area contributed by atoms with Crippen LogP contribution in [0.15, 0.2) is 24.3 Å². The van der Waals surface area contributed by atoms with Gasteiger partial charge < -0.3 is 5.32 Å². The van der Waals surface area contributed by atoms with Gasteiger partial charge in [-0.05, 0) is 55.8 Å². The van der Waals surface area contributed by atoms with Crippen molar-refractivity contribution in [2.75, 3.05) is 13.1 Å². The molecule has 2 rings (SSSR count). The second-order valence-electron chi connectivity index (χ2n) is 5.61. The minimum atomic E-state index is 0.451. The Labute approximate surface area is 116 Å². The third-order valence-electron chi connectivity index (χ3n) is 4.12. The van der Waals surface area contributed by atoms with Gasteiger partial charge in [0.15, 0.2) is 0 Å².